The summed E-state index contributed by atoms with van der Waals surface area (Å²) >= 11 is 0. The molecule has 3 rings (SSSR count). The van der Waals surface area contributed by atoms with Gasteiger partial charge in [0, 0.05) is 13.0 Å². The van der Waals surface area contributed by atoms with Crippen LogP contribution < -0.4 is 4.90 Å². The summed E-state index contributed by atoms with van der Waals surface area (Å²) < 4.78 is 77.0. The van der Waals surface area contributed by atoms with E-state index in [0.717, 1.165) is 30.5 Å². The van der Waals surface area contributed by atoms with Crippen molar-refractivity contribution in [3.63, 3.8) is 0 Å². The molecular weight excluding hydrogens is 452 g/mol. The Kier molecular flexibility index (Phi) is 6.71. The molecule has 2 heterocycles. The average molecular weight is 473 g/mol. The number of hydrogen-bond donors (Lipinski definition) is 0. The molecule has 1 aliphatic rings. The van der Waals surface area contributed by atoms with Crippen molar-refractivity contribution < 1.29 is 35.9 Å². The Hall–Kier alpha value is -3.11. The summed E-state index contributed by atoms with van der Waals surface area (Å²) in [6, 6.07) is 5.33. The lowest BCUT2D eigenvalue weighted by atomic mass is 10.0. The van der Waals surface area contributed by atoms with E-state index in [1.54, 1.807) is 0 Å². The van der Waals surface area contributed by atoms with Crippen LogP contribution in [0.25, 0.3) is 0 Å². The number of amides is 2. The van der Waals surface area contributed by atoms with Gasteiger partial charge < -0.3 is 4.90 Å². The third kappa shape index (κ3) is 5.63. The molecule has 1 atom stereocenters. The van der Waals surface area contributed by atoms with Crippen molar-refractivity contribution in [1.82, 2.24) is 9.88 Å². The first-order chi connectivity index (χ1) is 15.3. The monoisotopic (exact) mass is 473 g/mol. The van der Waals surface area contributed by atoms with Crippen LogP contribution in [0.5, 0.6) is 0 Å². The van der Waals surface area contributed by atoms with E-state index >= 15 is 0 Å². The number of carbonyl (C=O) groups excluding carboxylic acids is 2. The van der Waals surface area contributed by atoms with Gasteiger partial charge in [-0.2, -0.15) is 26.3 Å². The number of alkyl halides is 6. The van der Waals surface area contributed by atoms with Gasteiger partial charge in [-0.3, -0.25) is 9.69 Å². The third-order valence-corrected chi connectivity index (χ3v) is 5.37. The number of halogens is 6. The van der Waals surface area contributed by atoms with Gasteiger partial charge in [0.25, 0.3) is 0 Å². The zero-order valence-corrected chi connectivity index (χ0v) is 17.7. The molecular formula is C22H21F6N3O2. The predicted molar refractivity (Wildman–Crippen MR) is 107 cm³/mol. The molecule has 0 unspecified atom stereocenters. The van der Waals surface area contributed by atoms with Crippen molar-refractivity contribution in [2.75, 3.05) is 18.0 Å². The van der Waals surface area contributed by atoms with E-state index in [-0.39, 0.29) is 36.7 Å². The van der Waals surface area contributed by atoms with E-state index < -0.39 is 41.5 Å². The van der Waals surface area contributed by atoms with Crippen LogP contribution in [0, 0.1) is 5.92 Å². The number of benzene rings is 1. The van der Waals surface area contributed by atoms with Gasteiger partial charge in [-0.05, 0) is 29.7 Å². The number of anilines is 1. The Morgan fingerprint density at radius 3 is 2.33 bits per heavy atom. The predicted octanol–water partition coefficient (Wildman–Crippen LogP) is 5.20. The molecule has 0 N–H and O–H groups in total. The van der Waals surface area contributed by atoms with Crippen molar-refractivity contribution in [3.8, 4) is 0 Å². The highest BCUT2D eigenvalue weighted by Crippen LogP contribution is 2.32. The summed E-state index contributed by atoms with van der Waals surface area (Å²) in [7, 11) is 0. The second kappa shape index (κ2) is 9.03. The van der Waals surface area contributed by atoms with Crippen LogP contribution in [0.2, 0.25) is 0 Å². The second-order valence-corrected chi connectivity index (χ2v) is 8.15. The van der Waals surface area contributed by atoms with Crippen LogP contribution >= 0.6 is 0 Å². The van der Waals surface area contributed by atoms with Gasteiger partial charge in [0.05, 0.1) is 30.0 Å². The van der Waals surface area contributed by atoms with Crippen LogP contribution in [0.1, 0.15) is 30.7 Å². The molecule has 1 aromatic heterocycles. The largest absolute Gasteiger partial charge is 0.433 e. The average Bonchev–Trinajstić information content (AvgIpc) is 3.03. The number of urea groups is 1. The summed E-state index contributed by atoms with van der Waals surface area (Å²) in [6.45, 7) is 3.47. The summed E-state index contributed by atoms with van der Waals surface area (Å²) in [5.74, 6) is -0.538. The molecule has 1 aliphatic heterocycles. The third-order valence-electron chi connectivity index (χ3n) is 5.37. The maximum absolute atomic E-state index is 13.0. The van der Waals surface area contributed by atoms with E-state index in [4.69, 9.17) is 0 Å². The van der Waals surface area contributed by atoms with Crippen molar-refractivity contribution in [1.29, 1.82) is 0 Å². The topological polar surface area (TPSA) is 53.5 Å². The first kappa shape index (κ1) is 24.5. The van der Waals surface area contributed by atoms with Crippen molar-refractivity contribution in [2.24, 2.45) is 5.92 Å². The fourth-order valence-corrected chi connectivity index (χ4v) is 3.68. The lowest BCUT2D eigenvalue weighted by molar-refractivity contribution is -0.141. The number of ketones is 1. The number of hydrogen-bond acceptors (Lipinski definition) is 3. The SMILES string of the molecule is CC(C)[C@@H]1CN(c2ccc(C(F)(F)F)nc2)C(=O)N1CC(=O)Cc1cccc(C(F)(F)F)c1. The van der Waals surface area contributed by atoms with Crippen LogP contribution in [0.3, 0.4) is 0 Å². The fraction of sp³-hybridized carbons (Fsp3) is 0.409. The van der Waals surface area contributed by atoms with Crippen LogP contribution in [-0.4, -0.2) is 40.8 Å². The summed E-state index contributed by atoms with van der Waals surface area (Å²) in [6.07, 6.45) is -8.49. The van der Waals surface area contributed by atoms with Crippen molar-refractivity contribution >= 4 is 17.5 Å². The Morgan fingerprint density at radius 1 is 1.09 bits per heavy atom. The highest BCUT2D eigenvalue weighted by Gasteiger charge is 2.41. The highest BCUT2D eigenvalue weighted by molar-refractivity contribution is 5.97. The first-order valence-electron chi connectivity index (χ1n) is 10.1. The van der Waals surface area contributed by atoms with Gasteiger partial charge in [-0.15, -0.1) is 0 Å². The molecule has 2 amide bonds. The molecule has 178 valence electrons. The summed E-state index contributed by atoms with van der Waals surface area (Å²) in [5, 5.41) is 0. The van der Waals surface area contributed by atoms with E-state index in [1.165, 1.54) is 21.9 Å². The highest BCUT2D eigenvalue weighted by atomic mass is 19.4. The lowest BCUT2D eigenvalue weighted by Gasteiger charge is -2.25. The minimum Gasteiger partial charge on any atom is -0.312 e. The molecule has 1 aromatic carbocycles. The normalized spacial score (nSPS) is 17.2. The molecule has 0 saturated carbocycles. The van der Waals surface area contributed by atoms with E-state index in [9.17, 15) is 35.9 Å². The Balaban J connectivity index is 1.75. The fourth-order valence-electron chi connectivity index (χ4n) is 3.68. The Labute approximate surface area is 186 Å². The van der Waals surface area contributed by atoms with Crippen LogP contribution in [-0.2, 0) is 23.6 Å². The quantitative estimate of drug-likeness (QED) is 0.542. The number of nitrogens with zero attached hydrogens (tertiary/aromatic N) is 3. The minimum atomic E-state index is -4.62. The molecule has 1 fully saturated rings. The van der Waals surface area contributed by atoms with E-state index in [0.29, 0.717) is 0 Å². The minimum absolute atomic E-state index is 0.0808. The Bertz CT molecular complexity index is 1020. The van der Waals surface area contributed by atoms with Crippen LogP contribution in [0.4, 0.5) is 36.8 Å². The summed E-state index contributed by atoms with van der Waals surface area (Å²) in [5.41, 5.74) is -1.63. The molecule has 0 aliphatic carbocycles. The molecule has 11 heteroatoms. The lowest BCUT2D eigenvalue weighted by Crippen LogP contribution is -2.41. The maximum atomic E-state index is 13.0. The molecule has 0 spiro atoms. The number of Topliss-reactive ketones (excluding diaryl/α,β-unsaturated/α-hetero) is 1. The van der Waals surface area contributed by atoms with Crippen LogP contribution in [0.15, 0.2) is 42.6 Å². The molecule has 2 aromatic rings. The van der Waals surface area contributed by atoms with Crippen molar-refractivity contribution in [2.45, 2.75) is 38.7 Å². The van der Waals surface area contributed by atoms with Crippen molar-refractivity contribution in [3.05, 3.63) is 59.4 Å². The van der Waals surface area contributed by atoms with Gasteiger partial charge in [0.2, 0.25) is 0 Å². The smallest absolute Gasteiger partial charge is 0.312 e. The number of pyridine rings is 1. The van der Waals surface area contributed by atoms with E-state index in [2.05, 4.69) is 4.98 Å². The van der Waals surface area contributed by atoms with Gasteiger partial charge in [-0.1, -0.05) is 32.0 Å². The van der Waals surface area contributed by atoms with Gasteiger partial charge >= 0.3 is 18.4 Å². The maximum Gasteiger partial charge on any atom is 0.433 e. The van der Waals surface area contributed by atoms with Gasteiger partial charge in [0.1, 0.15) is 5.69 Å². The first-order valence-corrected chi connectivity index (χ1v) is 10.1. The second-order valence-electron chi connectivity index (χ2n) is 8.15. The molecule has 33 heavy (non-hydrogen) atoms. The standard InChI is InChI=1S/C22H21F6N3O2/c1-13(2)18-12-30(16-6-7-19(29-10-16)22(26,27)28)20(33)31(18)11-17(32)9-14-4-3-5-15(8-14)21(23,24)25/h3-8,10,13,18H,9,11-12H2,1-2H3/t18-/m0/s1. The molecule has 0 bridgehead atoms. The van der Waals surface area contributed by atoms with Gasteiger partial charge in [0.15, 0.2) is 5.78 Å². The molecule has 0 radical (unpaired) electrons. The molecule has 5 nitrogen and oxygen atoms in total. The van der Waals surface area contributed by atoms with E-state index in [1.807, 2.05) is 13.8 Å². The Morgan fingerprint density at radius 2 is 1.79 bits per heavy atom. The zero-order valence-electron chi connectivity index (χ0n) is 17.7. The van der Waals surface area contributed by atoms with Gasteiger partial charge in [-0.25, -0.2) is 9.78 Å². The number of carbonyl (C=O) groups is 2. The zero-order chi connectivity index (χ0) is 24.6. The number of rotatable bonds is 6. The molecule has 1 saturated heterocycles. The summed E-state index contributed by atoms with van der Waals surface area (Å²) in [4.78, 5) is 31.5. The number of aromatic nitrogens is 1.